The molecule has 0 saturated heterocycles. The minimum atomic E-state index is -0.0218. The maximum atomic E-state index is 12.0. The maximum absolute atomic E-state index is 12.0. The average Bonchev–Trinajstić information content (AvgIpc) is 3.17. The highest BCUT2D eigenvalue weighted by molar-refractivity contribution is 5.69. The van der Waals surface area contributed by atoms with Crippen LogP contribution in [0.4, 0.5) is 0 Å². The smallest absolute Gasteiger partial charge is 0.305 e. The van der Waals surface area contributed by atoms with Gasteiger partial charge in [-0.1, -0.05) is 168 Å². The number of unbranched alkanes of at least 4 members (excludes halogenated alkanes) is 26. The molecule has 0 atom stereocenters. The Kier molecular flexibility index (Phi) is 36.5. The van der Waals surface area contributed by atoms with Crippen LogP contribution in [0.5, 0.6) is 11.5 Å². The molecule has 0 spiro atoms. The summed E-state index contributed by atoms with van der Waals surface area (Å²) in [5.74, 6) is 1.73. The van der Waals surface area contributed by atoms with Crippen LogP contribution < -0.4 is 9.47 Å². The number of benzene rings is 1. The van der Waals surface area contributed by atoms with Crippen molar-refractivity contribution in [3.8, 4) is 11.5 Å². The van der Waals surface area contributed by atoms with E-state index in [1.165, 1.54) is 121 Å². The summed E-state index contributed by atoms with van der Waals surface area (Å²) in [5, 5.41) is 0. The third kappa shape index (κ3) is 34.9. The lowest BCUT2D eigenvalue weighted by Crippen LogP contribution is -2.11. The Morgan fingerprint density at radius 3 is 1.05 bits per heavy atom. The van der Waals surface area contributed by atoms with Crippen LogP contribution in [0.1, 0.15) is 225 Å². The summed E-state index contributed by atoms with van der Waals surface area (Å²) in [4.78, 5) is 26.2. The summed E-state index contributed by atoms with van der Waals surface area (Å²) >= 11 is 0. The molecule has 7 nitrogen and oxygen atoms in total. The number of esters is 2. The van der Waals surface area contributed by atoms with Crippen molar-refractivity contribution in [3.63, 3.8) is 0 Å². The van der Waals surface area contributed by atoms with E-state index in [9.17, 15) is 9.59 Å². The van der Waals surface area contributed by atoms with Crippen LogP contribution in [0, 0.1) is 0 Å². The molecular weight excluding hydrogens is 699 g/mol. The molecule has 1 rings (SSSR count). The number of hydrogen-bond acceptors (Lipinski definition) is 7. The molecule has 0 heterocycles. The van der Waals surface area contributed by atoms with Crippen molar-refractivity contribution in [2.45, 2.75) is 226 Å². The first-order valence-corrected chi connectivity index (χ1v) is 23.8. The van der Waals surface area contributed by atoms with Gasteiger partial charge in [-0.15, -0.1) is 0 Å². The highest BCUT2D eigenvalue weighted by atomic mass is 16.5. The van der Waals surface area contributed by atoms with Gasteiger partial charge < -0.3 is 23.8 Å². The molecule has 0 aromatic heterocycles. The summed E-state index contributed by atoms with van der Waals surface area (Å²) < 4.78 is 23.3. The quantitative estimate of drug-likeness (QED) is 0.0482. The summed E-state index contributed by atoms with van der Waals surface area (Å²) in [6.45, 7) is 7.90. The van der Waals surface area contributed by atoms with Crippen molar-refractivity contribution in [2.75, 3.05) is 40.5 Å². The molecule has 0 aliphatic rings. The van der Waals surface area contributed by atoms with E-state index in [4.69, 9.17) is 18.9 Å². The lowest BCUT2D eigenvalue weighted by molar-refractivity contribution is -0.144. The molecule has 0 aliphatic carbocycles. The molecule has 0 aliphatic heterocycles. The standard InChI is InChI=1S/C49H89NO6/c1-5-7-9-11-13-15-17-23-29-35-48(51)55-39-33-27-21-19-25-31-37-53-46-41-45(44-50(3)4)42-47(43-46)54-38-32-26-20-22-28-34-40-56-49(52)36-30-24-18-16-14-12-10-8-6-2/h41-43H,5-40,44H2,1-4H3. The van der Waals surface area contributed by atoms with Gasteiger partial charge >= 0.3 is 11.9 Å². The van der Waals surface area contributed by atoms with Crippen LogP contribution in [0.2, 0.25) is 0 Å². The van der Waals surface area contributed by atoms with Crippen molar-refractivity contribution in [1.29, 1.82) is 0 Å². The van der Waals surface area contributed by atoms with E-state index in [1.54, 1.807) is 0 Å². The van der Waals surface area contributed by atoms with E-state index in [-0.39, 0.29) is 11.9 Å². The van der Waals surface area contributed by atoms with Crippen molar-refractivity contribution >= 4 is 11.9 Å². The van der Waals surface area contributed by atoms with Crippen LogP contribution in [0.15, 0.2) is 18.2 Å². The van der Waals surface area contributed by atoms with Crippen LogP contribution >= 0.6 is 0 Å². The molecule has 0 bridgehead atoms. The summed E-state index contributed by atoms with van der Waals surface area (Å²) in [5.41, 5.74) is 1.20. The van der Waals surface area contributed by atoms with E-state index in [2.05, 4.69) is 45.0 Å². The van der Waals surface area contributed by atoms with Crippen LogP contribution in [-0.2, 0) is 25.6 Å². The minimum Gasteiger partial charge on any atom is -0.493 e. The highest BCUT2D eigenvalue weighted by Gasteiger charge is 2.07. The fraction of sp³-hybridized carbons (Fsp3) is 0.837. The van der Waals surface area contributed by atoms with Gasteiger partial charge in [0.1, 0.15) is 11.5 Å². The molecular formula is C49H89NO6. The molecule has 1 aromatic rings. The Morgan fingerprint density at radius 2 is 0.714 bits per heavy atom. The second-order valence-electron chi connectivity index (χ2n) is 16.6. The van der Waals surface area contributed by atoms with Gasteiger partial charge in [-0.3, -0.25) is 9.59 Å². The zero-order valence-electron chi connectivity index (χ0n) is 37.3. The monoisotopic (exact) mass is 788 g/mol. The van der Waals surface area contributed by atoms with Crippen LogP contribution in [0.3, 0.4) is 0 Å². The second kappa shape index (κ2) is 39.5. The Balaban J connectivity index is 2.06. The first kappa shape index (κ1) is 51.7. The summed E-state index contributed by atoms with van der Waals surface area (Å²) in [6.07, 6.45) is 37.1. The Morgan fingerprint density at radius 1 is 0.411 bits per heavy atom. The van der Waals surface area contributed by atoms with E-state index >= 15 is 0 Å². The van der Waals surface area contributed by atoms with Crippen molar-refractivity contribution in [2.24, 2.45) is 0 Å². The molecule has 1 aromatic carbocycles. The second-order valence-corrected chi connectivity index (χ2v) is 16.6. The van der Waals surface area contributed by atoms with E-state index in [1.807, 2.05) is 6.07 Å². The fourth-order valence-corrected chi connectivity index (χ4v) is 7.13. The molecule has 0 fully saturated rings. The zero-order valence-corrected chi connectivity index (χ0v) is 37.3. The highest BCUT2D eigenvalue weighted by Crippen LogP contribution is 2.25. The molecule has 7 heteroatoms. The number of hydrogen-bond donors (Lipinski definition) is 0. The van der Waals surface area contributed by atoms with Gasteiger partial charge in [0.2, 0.25) is 0 Å². The lowest BCUT2D eigenvalue weighted by Gasteiger charge is -2.15. The van der Waals surface area contributed by atoms with E-state index < -0.39 is 0 Å². The predicted octanol–water partition coefficient (Wildman–Crippen LogP) is 14.1. The van der Waals surface area contributed by atoms with Crippen LogP contribution in [0.25, 0.3) is 0 Å². The number of ether oxygens (including phenoxy) is 4. The zero-order chi connectivity index (χ0) is 40.6. The van der Waals surface area contributed by atoms with Gasteiger partial charge in [-0.05, 0) is 70.3 Å². The molecule has 326 valence electrons. The maximum Gasteiger partial charge on any atom is 0.305 e. The largest absolute Gasteiger partial charge is 0.493 e. The average molecular weight is 788 g/mol. The third-order valence-corrected chi connectivity index (χ3v) is 10.5. The molecule has 0 unspecified atom stereocenters. The minimum absolute atomic E-state index is 0.0218. The first-order valence-electron chi connectivity index (χ1n) is 23.8. The number of nitrogens with zero attached hydrogens (tertiary/aromatic N) is 1. The lowest BCUT2D eigenvalue weighted by atomic mass is 10.1. The van der Waals surface area contributed by atoms with Crippen molar-refractivity contribution < 1.29 is 28.5 Å². The van der Waals surface area contributed by atoms with Gasteiger partial charge in [-0.25, -0.2) is 0 Å². The molecule has 56 heavy (non-hydrogen) atoms. The third-order valence-electron chi connectivity index (χ3n) is 10.5. The summed E-state index contributed by atoms with van der Waals surface area (Å²) in [6, 6.07) is 6.31. The SMILES string of the molecule is CCCCCCCCCCCC(=O)OCCCCCCCCOc1cc(CN(C)C)cc(OCCCCCCCCOC(=O)CCCCCCCCCCC)c1. The Labute approximate surface area is 346 Å². The molecule has 0 amide bonds. The fourth-order valence-electron chi connectivity index (χ4n) is 7.13. The van der Waals surface area contributed by atoms with E-state index in [0.717, 1.165) is 95.1 Å². The van der Waals surface area contributed by atoms with Crippen molar-refractivity contribution in [1.82, 2.24) is 4.90 Å². The van der Waals surface area contributed by atoms with E-state index in [0.29, 0.717) is 39.3 Å². The number of carbonyl (C=O) groups is 2. The Hall–Kier alpha value is -2.28. The Bertz CT molecular complexity index is 958. The molecule has 0 saturated carbocycles. The van der Waals surface area contributed by atoms with Crippen molar-refractivity contribution in [3.05, 3.63) is 23.8 Å². The first-order chi connectivity index (χ1) is 27.4. The van der Waals surface area contributed by atoms with Gasteiger partial charge in [0.05, 0.1) is 26.4 Å². The number of carbonyl (C=O) groups excluding carboxylic acids is 2. The molecule has 0 radical (unpaired) electrons. The van der Waals surface area contributed by atoms with Gasteiger partial charge in [0.15, 0.2) is 0 Å². The normalized spacial score (nSPS) is 11.3. The van der Waals surface area contributed by atoms with Gasteiger partial charge in [0.25, 0.3) is 0 Å². The summed E-state index contributed by atoms with van der Waals surface area (Å²) in [7, 11) is 4.17. The molecule has 0 N–H and O–H groups in total. The predicted molar refractivity (Wildman–Crippen MR) is 236 cm³/mol. The van der Waals surface area contributed by atoms with Gasteiger partial charge in [0, 0.05) is 25.5 Å². The topological polar surface area (TPSA) is 74.3 Å². The number of rotatable bonds is 42. The van der Waals surface area contributed by atoms with Gasteiger partial charge in [-0.2, -0.15) is 0 Å². The van der Waals surface area contributed by atoms with Crippen LogP contribution in [-0.4, -0.2) is 57.4 Å².